The third-order valence-electron chi connectivity index (χ3n) is 4.07. The summed E-state index contributed by atoms with van der Waals surface area (Å²) < 4.78 is 0. The molecule has 0 aliphatic carbocycles. The van der Waals surface area contributed by atoms with Gasteiger partial charge in [0.25, 0.3) is 0 Å². The van der Waals surface area contributed by atoms with Crippen LogP contribution in [0.15, 0.2) is 91.0 Å². The predicted octanol–water partition coefficient (Wildman–Crippen LogP) is 4.18. The summed E-state index contributed by atoms with van der Waals surface area (Å²) in [6.07, 6.45) is 2.31. The fourth-order valence-corrected chi connectivity index (χ4v) is 2.79. The normalized spacial score (nSPS) is 10.2. The summed E-state index contributed by atoms with van der Waals surface area (Å²) in [6, 6.07) is 26.8. The number of hydrogen-bond donors (Lipinski definition) is 2. The Balaban J connectivity index is 1.72. The summed E-state index contributed by atoms with van der Waals surface area (Å²) in [6.45, 7) is 0.510. The summed E-state index contributed by atoms with van der Waals surface area (Å²) in [5.41, 5.74) is 3.88. The SMILES string of the molecule is O=C(C=C(c1ccccc1)c1ccccc1)NCCc1cccc(O)c1. The van der Waals surface area contributed by atoms with E-state index in [2.05, 4.69) is 5.32 Å². The zero-order valence-electron chi connectivity index (χ0n) is 14.4. The lowest BCUT2D eigenvalue weighted by Crippen LogP contribution is -2.24. The Labute approximate surface area is 153 Å². The fourth-order valence-electron chi connectivity index (χ4n) is 2.79. The van der Waals surface area contributed by atoms with Gasteiger partial charge >= 0.3 is 0 Å². The van der Waals surface area contributed by atoms with Crippen LogP contribution in [0.25, 0.3) is 5.57 Å². The zero-order chi connectivity index (χ0) is 18.2. The maximum absolute atomic E-state index is 12.4. The number of phenols is 1. The van der Waals surface area contributed by atoms with Gasteiger partial charge in [0.05, 0.1) is 0 Å². The van der Waals surface area contributed by atoms with Gasteiger partial charge in [-0.05, 0) is 40.8 Å². The number of rotatable bonds is 6. The second-order valence-electron chi connectivity index (χ2n) is 6.00. The van der Waals surface area contributed by atoms with Gasteiger partial charge in [-0.25, -0.2) is 0 Å². The van der Waals surface area contributed by atoms with E-state index in [4.69, 9.17) is 0 Å². The first-order chi connectivity index (χ1) is 12.7. The van der Waals surface area contributed by atoms with Gasteiger partial charge in [-0.15, -0.1) is 0 Å². The molecule has 0 heterocycles. The van der Waals surface area contributed by atoms with Crippen molar-refractivity contribution in [1.29, 1.82) is 0 Å². The third-order valence-corrected chi connectivity index (χ3v) is 4.07. The highest BCUT2D eigenvalue weighted by molar-refractivity contribution is 5.99. The smallest absolute Gasteiger partial charge is 0.244 e. The molecular formula is C23H21NO2. The Morgan fingerprint density at radius 3 is 2.04 bits per heavy atom. The van der Waals surface area contributed by atoms with Gasteiger partial charge in [0.1, 0.15) is 5.75 Å². The molecule has 0 saturated heterocycles. The van der Waals surface area contributed by atoms with Crippen molar-refractivity contribution >= 4 is 11.5 Å². The van der Waals surface area contributed by atoms with Crippen LogP contribution < -0.4 is 5.32 Å². The van der Waals surface area contributed by atoms with Crippen LogP contribution in [0.4, 0.5) is 0 Å². The first-order valence-corrected chi connectivity index (χ1v) is 8.60. The minimum atomic E-state index is -0.132. The van der Waals surface area contributed by atoms with Crippen molar-refractivity contribution in [3.05, 3.63) is 108 Å². The number of hydrogen-bond acceptors (Lipinski definition) is 2. The molecule has 0 spiro atoms. The van der Waals surface area contributed by atoms with Gasteiger partial charge < -0.3 is 10.4 Å². The molecule has 0 saturated carbocycles. The number of amides is 1. The van der Waals surface area contributed by atoms with E-state index in [-0.39, 0.29) is 11.7 Å². The van der Waals surface area contributed by atoms with Gasteiger partial charge in [-0.1, -0.05) is 72.8 Å². The number of aromatic hydroxyl groups is 1. The Morgan fingerprint density at radius 2 is 1.46 bits per heavy atom. The molecule has 2 N–H and O–H groups in total. The van der Waals surface area contributed by atoms with Crippen LogP contribution in [0.1, 0.15) is 16.7 Å². The number of carbonyl (C=O) groups excluding carboxylic acids is 1. The molecule has 0 aliphatic heterocycles. The summed E-state index contributed by atoms with van der Waals surface area (Å²) in [7, 11) is 0. The van der Waals surface area contributed by atoms with Gasteiger partial charge in [-0.3, -0.25) is 4.79 Å². The van der Waals surface area contributed by atoms with Crippen molar-refractivity contribution in [2.45, 2.75) is 6.42 Å². The van der Waals surface area contributed by atoms with E-state index in [0.29, 0.717) is 13.0 Å². The molecule has 0 fully saturated rings. The molecular weight excluding hydrogens is 322 g/mol. The zero-order valence-corrected chi connectivity index (χ0v) is 14.4. The third kappa shape index (κ3) is 4.84. The van der Waals surface area contributed by atoms with E-state index in [9.17, 15) is 9.90 Å². The molecule has 0 atom stereocenters. The van der Waals surface area contributed by atoms with Crippen molar-refractivity contribution in [3.8, 4) is 5.75 Å². The molecule has 3 nitrogen and oxygen atoms in total. The van der Waals surface area contributed by atoms with E-state index >= 15 is 0 Å². The minimum Gasteiger partial charge on any atom is -0.508 e. The molecule has 3 aromatic rings. The molecule has 3 rings (SSSR count). The summed E-state index contributed by atoms with van der Waals surface area (Å²) in [5, 5.41) is 12.4. The van der Waals surface area contributed by atoms with E-state index in [0.717, 1.165) is 22.3 Å². The van der Waals surface area contributed by atoms with Gasteiger partial charge in [0, 0.05) is 12.6 Å². The van der Waals surface area contributed by atoms with Crippen LogP contribution >= 0.6 is 0 Å². The van der Waals surface area contributed by atoms with Gasteiger partial charge in [0.2, 0.25) is 5.91 Å². The Hall–Kier alpha value is -3.33. The molecule has 3 aromatic carbocycles. The van der Waals surface area contributed by atoms with E-state index in [1.165, 1.54) is 0 Å². The van der Waals surface area contributed by atoms with Crippen LogP contribution in [0.2, 0.25) is 0 Å². The summed E-state index contributed by atoms with van der Waals surface area (Å²) in [5.74, 6) is 0.108. The number of carbonyl (C=O) groups is 1. The van der Waals surface area contributed by atoms with Crippen molar-refractivity contribution in [1.82, 2.24) is 5.32 Å². The lowest BCUT2D eigenvalue weighted by molar-refractivity contribution is -0.116. The number of benzene rings is 3. The highest BCUT2D eigenvalue weighted by atomic mass is 16.3. The summed E-state index contributed by atoms with van der Waals surface area (Å²) >= 11 is 0. The Kier molecular flexibility index (Phi) is 5.84. The maximum Gasteiger partial charge on any atom is 0.244 e. The highest BCUT2D eigenvalue weighted by Crippen LogP contribution is 2.22. The topological polar surface area (TPSA) is 49.3 Å². The average molecular weight is 343 g/mol. The van der Waals surface area contributed by atoms with Crippen molar-refractivity contribution in [2.75, 3.05) is 6.54 Å². The van der Waals surface area contributed by atoms with Crippen LogP contribution in [0.3, 0.4) is 0 Å². The molecule has 3 heteroatoms. The molecule has 0 bridgehead atoms. The first-order valence-electron chi connectivity index (χ1n) is 8.60. The Bertz CT molecular complexity index is 845. The lowest BCUT2D eigenvalue weighted by atomic mass is 9.97. The highest BCUT2D eigenvalue weighted by Gasteiger charge is 2.07. The molecule has 1 amide bonds. The molecule has 0 aliphatic rings. The van der Waals surface area contributed by atoms with E-state index in [1.54, 1.807) is 24.3 Å². The standard InChI is InChI=1S/C23H21NO2/c25-21-13-7-8-18(16-21)14-15-24-23(26)17-22(19-9-3-1-4-10-19)20-11-5-2-6-12-20/h1-13,16-17,25H,14-15H2,(H,24,26). The largest absolute Gasteiger partial charge is 0.508 e. The predicted molar refractivity (Wildman–Crippen MR) is 105 cm³/mol. The van der Waals surface area contributed by atoms with Crippen LogP contribution in [-0.4, -0.2) is 17.6 Å². The second-order valence-corrected chi connectivity index (χ2v) is 6.00. The molecule has 26 heavy (non-hydrogen) atoms. The molecule has 0 radical (unpaired) electrons. The van der Waals surface area contributed by atoms with Gasteiger partial charge in [0.15, 0.2) is 0 Å². The average Bonchev–Trinajstić information content (AvgIpc) is 2.67. The minimum absolute atomic E-state index is 0.132. The fraction of sp³-hybridized carbons (Fsp3) is 0.0870. The quantitative estimate of drug-likeness (QED) is 0.660. The summed E-state index contributed by atoms with van der Waals surface area (Å²) in [4.78, 5) is 12.4. The van der Waals surface area contributed by atoms with E-state index in [1.807, 2.05) is 66.7 Å². The Morgan fingerprint density at radius 1 is 0.846 bits per heavy atom. The lowest BCUT2D eigenvalue weighted by Gasteiger charge is -2.09. The van der Waals surface area contributed by atoms with Crippen molar-refractivity contribution < 1.29 is 9.90 Å². The molecule has 130 valence electrons. The molecule has 0 aromatic heterocycles. The van der Waals surface area contributed by atoms with Crippen LogP contribution in [-0.2, 0) is 11.2 Å². The molecule has 0 unspecified atom stereocenters. The first kappa shape index (κ1) is 17.5. The van der Waals surface area contributed by atoms with Crippen molar-refractivity contribution in [3.63, 3.8) is 0 Å². The number of phenolic OH excluding ortho intramolecular Hbond substituents is 1. The van der Waals surface area contributed by atoms with Crippen LogP contribution in [0.5, 0.6) is 5.75 Å². The van der Waals surface area contributed by atoms with E-state index < -0.39 is 0 Å². The maximum atomic E-state index is 12.4. The van der Waals surface area contributed by atoms with Crippen molar-refractivity contribution in [2.24, 2.45) is 0 Å². The van der Waals surface area contributed by atoms with Gasteiger partial charge in [-0.2, -0.15) is 0 Å². The monoisotopic (exact) mass is 343 g/mol. The van der Waals surface area contributed by atoms with Crippen LogP contribution in [0, 0.1) is 0 Å². The second kappa shape index (κ2) is 8.67. The number of nitrogens with one attached hydrogen (secondary N) is 1.